The molecule has 162 valence electrons. The van der Waals surface area contributed by atoms with E-state index in [0.29, 0.717) is 12.4 Å². The molecule has 0 unspecified atom stereocenters. The lowest BCUT2D eigenvalue weighted by molar-refractivity contribution is 0.0990. The molecular weight excluding hydrogens is 402 g/mol. The third-order valence-corrected chi connectivity index (χ3v) is 6.02. The number of nitrogens with zero attached hydrogens (tertiary/aromatic N) is 5. The molecule has 1 N–H and O–H groups in total. The second kappa shape index (κ2) is 8.88. The highest BCUT2D eigenvalue weighted by molar-refractivity contribution is 5.97. The van der Waals surface area contributed by atoms with Gasteiger partial charge in [-0.15, -0.1) is 10.2 Å². The van der Waals surface area contributed by atoms with Gasteiger partial charge in [-0.25, -0.2) is 4.98 Å². The van der Waals surface area contributed by atoms with Crippen LogP contribution in [0.1, 0.15) is 36.2 Å². The van der Waals surface area contributed by atoms with Gasteiger partial charge in [0, 0.05) is 10.8 Å². The van der Waals surface area contributed by atoms with Crippen LogP contribution >= 0.6 is 0 Å². The molecule has 0 spiro atoms. The van der Waals surface area contributed by atoms with E-state index in [-0.39, 0.29) is 11.6 Å². The van der Waals surface area contributed by atoms with Crippen molar-refractivity contribution in [3.63, 3.8) is 0 Å². The number of benzene rings is 2. The first-order chi connectivity index (χ1) is 15.7. The molecule has 0 radical (unpaired) electrons. The van der Waals surface area contributed by atoms with Crippen molar-refractivity contribution in [1.82, 2.24) is 14.5 Å². The van der Waals surface area contributed by atoms with Crippen molar-refractivity contribution >= 4 is 33.4 Å². The summed E-state index contributed by atoms with van der Waals surface area (Å²) >= 11 is 0. The predicted octanol–water partition coefficient (Wildman–Crippen LogP) is 5.65. The van der Waals surface area contributed by atoms with Crippen molar-refractivity contribution in [3.05, 3.63) is 66.4 Å². The quantitative estimate of drug-likeness (QED) is 0.427. The lowest BCUT2D eigenvalue weighted by Crippen LogP contribution is -2.27. The number of aromatic nitrogens is 2. The number of amides is 1. The number of likely N-dealkylation sites (tertiary alicyclic amines) is 1. The van der Waals surface area contributed by atoms with Gasteiger partial charge < -0.3 is 5.11 Å². The summed E-state index contributed by atoms with van der Waals surface area (Å²) in [6, 6.07) is 18.8. The summed E-state index contributed by atoms with van der Waals surface area (Å²) in [4.78, 5) is 19.4. The van der Waals surface area contributed by atoms with Crippen LogP contribution in [-0.4, -0.2) is 38.6 Å². The van der Waals surface area contributed by atoms with E-state index in [0.717, 1.165) is 34.9 Å². The predicted molar refractivity (Wildman–Crippen MR) is 124 cm³/mol. The standard InChI is InChI=1S/C25H25N5O2/c31-24(21-14-13-18-9-3-5-11-20(18)26-21)28-27-23-19-10-4-6-12-22(19)30(25(23)32)17-29-15-7-1-2-8-16-29/h3-6,9-14,32H,1-2,7-8,15-17H2. The number of fused-ring (bicyclic) bond motifs is 2. The maximum Gasteiger partial charge on any atom is 0.313 e. The Balaban J connectivity index is 1.46. The number of carbonyl (C=O) groups excluding carboxylic acids is 1. The lowest BCUT2D eigenvalue weighted by atomic mass is 10.2. The van der Waals surface area contributed by atoms with Crippen LogP contribution in [-0.2, 0) is 6.67 Å². The van der Waals surface area contributed by atoms with Gasteiger partial charge >= 0.3 is 5.91 Å². The van der Waals surface area contributed by atoms with Gasteiger partial charge in [0.05, 0.1) is 17.7 Å². The van der Waals surface area contributed by atoms with E-state index in [2.05, 4.69) is 20.1 Å². The van der Waals surface area contributed by atoms with E-state index in [4.69, 9.17) is 0 Å². The number of aromatic hydroxyl groups is 1. The van der Waals surface area contributed by atoms with Crippen molar-refractivity contribution < 1.29 is 9.90 Å². The van der Waals surface area contributed by atoms with Crippen LogP contribution in [0.4, 0.5) is 5.69 Å². The van der Waals surface area contributed by atoms with E-state index in [1.165, 1.54) is 25.7 Å². The van der Waals surface area contributed by atoms with Gasteiger partial charge in [0.1, 0.15) is 5.69 Å². The number of azo groups is 1. The number of pyridine rings is 1. The van der Waals surface area contributed by atoms with Gasteiger partial charge in [0.2, 0.25) is 5.88 Å². The van der Waals surface area contributed by atoms with Crippen LogP contribution in [0, 0.1) is 0 Å². The molecule has 4 aromatic rings. The molecule has 32 heavy (non-hydrogen) atoms. The monoisotopic (exact) mass is 427 g/mol. The summed E-state index contributed by atoms with van der Waals surface area (Å²) in [5.41, 5.74) is 2.13. The zero-order chi connectivity index (χ0) is 21.9. The van der Waals surface area contributed by atoms with Crippen LogP contribution in [0.15, 0.2) is 70.9 Å². The Hall–Kier alpha value is -3.58. The van der Waals surface area contributed by atoms with Crippen molar-refractivity contribution in [1.29, 1.82) is 0 Å². The van der Waals surface area contributed by atoms with Gasteiger partial charge in [0.25, 0.3) is 0 Å². The van der Waals surface area contributed by atoms with Gasteiger partial charge in [-0.1, -0.05) is 55.3 Å². The molecule has 0 atom stereocenters. The van der Waals surface area contributed by atoms with E-state index in [1.54, 1.807) is 6.07 Å². The van der Waals surface area contributed by atoms with Gasteiger partial charge in [0.15, 0.2) is 5.69 Å². The Morgan fingerprint density at radius 1 is 0.938 bits per heavy atom. The highest BCUT2D eigenvalue weighted by Gasteiger charge is 2.19. The average molecular weight is 428 g/mol. The molecular formula is C25H25N5O2. The van der Waals surface area contributed by atoms with E-state index < -0.39 is 5.91 Å². The fourth-order valence-corrected chi connectivity index (χ4v) is 4.32. The molecule has 2 aromatic carbocycles. The van der Waals surface area contributed by atoms with Crippen molar-refractivity contribution in [2.45, 2.75) is 32.4 Å². The maximum absolute atomic E-state index is 12.7. The average Bonchev–Trinajstić information content (AvgIpc) is 2.98. The molecule has 0 aliphatic carbocycles. The topological polar surface area (TPSA) is 83.1 Å². The Kier molecular flexibility index (Phi) is 5.64. The fraction of sp³-hybridized carbons (Fsp3) is 0.280. The third kappa shape index (κ3) is 3.99. The summed E-state index contributed by atoms with van der Waals surface area (Å²) in [7, 11) is 0. The number of carbonyl (C=O) groups is 1. The Morgan fingerprint density at radius 3 is 2.53 bits per heavy atom. The van der Waals surface area contributed by atoms with E-state index in [1.807, 2.05) is 59.2 Å². The van der Waals surface area contributed by atoms with Crippen LogP contribution in [0.3, 0.4) is 0 Å². The number of rotatable bonds is 4. The molecule has 0 bridgehead atoms. The third-order valence-electron chi connectivity index (χ3n) is 6.02. The van der Waals surface area contributed by atoms with Crippen LogP contribution < -0.4 is 0 Å². The van der Waals surface area contributed by atoms with Crippen LogP contribution in [0.25, 0.3) is 21.8 Å². The summed E-state index contributed by atoms with van der Waals surface area (Å²) in [5, 5.41) is 20.8. The maximum atomic E-state index is 12.7. The van der Waals surface area contributed by atoms with Gasteiger partial charge in [-0.2, -0.15) is 0 Å². The molecule has 1 fully saturated rings. The minimum absolute atomic E-state index is 0.0264. The minimum atomic E-state index is -0.542. The second-order valence-corrected chi connectivity index (χ2v) is 8.19. The van der Waals surface area contributed by atoms with E-state index in [9.17, 15) is 9.90 Å². The first-order valence-corrected chi connectivity index (χ1v) is 11.0. The molecule has 0 saturated carbocycles. The minimum Gasteiger partial charge on any atom is -0.493 e. The Morgan fingerprint density at radius 2 is 1.69 bits per heavy atom. The number of hydrogen-bond acceptors (Lipinski definition) is 5. The number of hydrogen-bond donors (Lipinski definition) is 1. The smallest absolute Gasteiger partial charge is 0.313 e. The molecule has 1 saturated heterocycles. The Bertz CT molecular complexity index is 1300. The molecule has 1 amide bonds. The summed E-state index contributed by atoms with van der Waals surface area (Å²) in [6.45, 7) is 2.60. The van der Waals surface area contributed by atoms with Crippen molar-refractivity contribution in [2.75, 3.05) is 13.1 Å². The fourth-order valence-electron chi connectivity index (χ4n) is 4.32. The zero-order valence-corrected chi connectivity index (χ0v) is 17.8. The molecule has 7 nitrogen and oxygen atoms in total. The molecule has 7 heteroatoms. The second-order valence-electron chi connectivity index (χ2n) is 8.19. The highest BCUT2D eigenvalue weighted by Crippen LogP contribution is 2.39. The van der Waals surface area contributed by atoms with Gasteiger partial charge in [-0.3, -0.25) is 14.3 Å². The van der Waals surface area contributed by atoms with Crippen LogP contribution in [0.2, 0.25) is 0 Å². The highest BCUT2D eigenvalue weighted by atomic mass is 16.3. The zero-order valence-electron chi connectivity index (χ0n) is 17.8. The van der Waals surface area contributed by atoms with Gasteiger partial charge in [-0.05, 0) is 44.1 Å². The van der Waals surface area contributed by atoms with Crippen molar-refractivity contribution in [2.24, 2.45) is 10.2 Å². The summed E-state index contributed by atoms with van der Waals surface area (Å²) in [5.74, 6) is -0.516. The molecule has 2 aromatic heterocycles. The summed E-state index contributed by atoms with van der Waals surface area (Å²) in [6.07, 6.45) is 4.83. The van der Waals surface area contributed by atoms with E-state index >= 15 is 0 Å². The molecule has 1 aliphatic rings. The normalized spacial score (nSPS) is 15.5. The van der Waals surface area contributed by atoms with Crippen LogP contribution in [0.5, 0.6) is 5.88 Å². The number of para-hydroxylation sites is 2. The lowest BCUT2D eigenvalue weighted by Gasteiger charge is -2.21. The molecule has 5 rings (SSSR count). The SMILES string of the molecule is O=C(N=Nc1c(O)n(CN2CCCCCC2)c2ccccc12)c1ccc2ccccc2n1. The molecule has 3 heterocycles. The first-order valence-electron chi connectivity index (χ1n) is 11.0. The largest absolute Gasteiger partial charge is 0.493 e. The summed E-state index contributed by atoms with van der Waals surface area (Å²) < 4.78 is 1.85. The van der Waals surface area contributed by atoms with Crippen molar-refractivity contribution in [3.8, 4) is 5.88 Å². The molecule has 1 aliphatic heterocycles. The first kappa shape index (κ1) is 20.3. The Labute approximate surface area is 186 Å².